The third-order valence-electron chi connectivity index (χ3n) is 5.67. The Bertz CT molecular complexity index is 816. The zero-order chi connectivity index (χ0) is 21.1. The summed E-state index contributed by atoms with van der Waals surface area (Å²) < 4.78 is 5.17. The third kappa shape index (κ3) is 4.61. The van der Waals surface area contributed by atoms with Crippen LogP contribution in [-0.4, -0.2) is 41.2 Å². The van der Waals surface area contributed by atoms with Gasteiger partial charge in [-0.15, -0.1) is 0 Å². The molecule has 1 saturated carbocycles. The average molecular weight is 421 g/mol. The summed E-state index contributed by atoms with van der Waals surface area (Å²) in [7, 11) is 0. The molecule has 1 saturated heterocycles. The molecule has 0 unspecified atom stereocenters. The van der Waals surface area contributed by atoms with Crippen LogP contribution in [0, 0.1) is 18.8 Å². The number of anilines is 1. The number of carbonyl (C=O) groups is 4. The number of hydrogen-bond acceptors (Lipinski definition) is 5. The summed E-state index contributed by atoms with van der Waals surface area (Å²) >= 11 is 6.04. The molecule has 1 N–H and O–H groups in total. The number of imide groups is 1. The molecule has 8 heteroatoms. The molecule has 3 amide bonds. The van der Waals surface area contributed by atoms with E-state index in [2.05, 4.69) is 5.32 Å². The Morgan fingerprint density at radius 3 is 2.45 bits per heavy atom. The monoisotopic (exact) mass is 420 g/mol. The fourth-order valence-corrected chi connectivity index (χ4v) is 4.12. The first-order valence-corrected chi connectivity index (χ1v) is 10.3. The minimum absolute atomic E-state index is 0.00869. The Kier molecular flexibility index (Phi) is 6.57. The molecular formula is C21H25ClN2O5. The zero-order valence-corrected chi connectivity index (χ0v) is 17.3. The maximum Gasteiger partial charge on any atom is 0.308 e. The first-order valence-electron chi connectivity index (χ1n) is 9.90. The molecule has 156 valence electrons. The number of esters is 1. The highest BCUT2D eigenvalue weighted by atomic mass is 35.5. The number of amides is 3. The van der Waals surface area contributed by atoms with Gasteiger partial charge in [0.15, 0.2) is 6.10 Å². The standard InChI is InChI=1S/C21H25ClN2O5/c1-12-16(22)8-5-9-17(12)23-19(26)13(2)29-18(25)10-11-24-20(27)14-6-3-4-7-15(14)21(24)28/h5,8-9,13-15H,3-4,6-7,10-11H2,1-2H3,(H,23,26)/t13-,14+,15+/m1/s1. The lowest BCUT2D eigenvalue weighted by Crippen LogP contribution is -2.35. The Labute approximate surface area is 174 Å². The minimum atomic E-state index is -1.02. The summed E-state index contributed by atoms with van der Waals surface area (Å²) in [5.74, 6) is -1.96. The maximum absolute atomic E-state index is 12.4. The Balaban J connectivity index is 1.50. The van der Waals surface area contributed by atoms with E-state index >= 15 is 0 Å². The summed E-state index contributed by atoms with van der Waals surface area (Å²) in [6.45, 7) is 3.23. The van der Waals surface area contributed by atoms with Gasteiger partial charge in [0.05, 0.1) is 18.3 Å². The van der Waals surface area contributed by atoms with Gasteiger partial charge in [-0.25, -0.2) is 0 Å². The second kappa shape index (κ2) is 8.95. The van der Waals surface area contributed by atoms with Crippen LogP contribution in [-0.2, 0) is 23.9 Å². The Hall–Kier alpha value is -2.41. The highest BCUT2D eigenvalue weighted by Crippen LogP contribution is 2.38. The Morgan fingerprint density at radius 1 is 1.21 bits per heavy atom. The van der Waals surface area contributed by atoms with Crippen molar-refractivity contribution in [1.82, 2.24) is 4.90 Å². The second-order valence-corrected chi connectivity index (χ2v) is 8.02. The van der Waals surface area contributed by atoms with Crippen LogP contribution in [0.4, 0.5) is 5.69 Å². The van der Waals surface area contributed by atoms with Crippen LogP contribution in [0.25, 0.3) is 0 Å². The first kappa shape index (κ1) is 21.3. The fourth-order valence-electron chi connectivity index (χ4n) is 3.94. The molecule has 2 aliphatic rings. The molecule has 7 nitrogen and oxygen atoms in total. The highest BCUT2D eigenvalue weighted by Gasteiger charge is 2.47. The number of hydrogen-bond donors (Lipinski definition) is 1. The highest BCUT2D eigenvalue weighted by molar-refractivity contribution is 6.31. The van der Waals surface area contributed by atoms with Crippen molar-refractivity contribution in [2.75, 3.05) is 11.9 Å². The van der Waals surface area contributed by atoms with E-state index in [1.165, 1.54) is 11.8 Å². The maximum atomic E-state index is 12.4. The number of halogens is 1. The fraction of sp³-hybridized carbons (Fsp3) is 0.524. The summed E-state index contributed by atoms with van der Waals surface area (Å²) in [5.41, 5.74) is 1.26. The number of benzene rings is 1. The molecule has 3 atom stereocenters. The summed E-state index contributed by atoms with van der Waals surface area (Å²) in [6.07, 6.45) is 2.22. The van der Waals surface area contributed by atoms with E-state index < -0.39 is 18.0 Å². The molecule has 0 radical (unpaired) electrons. The van der Waals surface area contributed by atoms with E-state index in [0.29, 0.717) is 16.3 Å². The molecule has 1 aromatic carbocycles. The van der Waals surface area contributed by atoms with Crippen LogP contribution in [0.2, 0.25) is 5.02 Å². The number of nitrogens with one attached hydrogen (secondary N) is 1. The van der Waals surface area contributed by atoms with Gasteiger partial charge in [0, 0.05) is 17.3 Å². The molecular weight excluding hydrogens is 396 g/mol. The van der Waals surface area contributed by atoms with Gasteiger partial charge in [-0.1, -0.05) is 30.5 Å². The van der Waals surface area contributed by atoms with E-state index in [4.69, 9.17) is 16.3 Å². The quantitative estimate of drug-likeness (QED) is 0.564. The van der Waals surface area contributed by atoms with Crippen molar-refractivity contribution < 1.29 is 23.9 Å². The zero-order valence-electron chi connectivity index (χ0n) is 16.6. The lowest BCUT2D eigenvalue weighted by molar-refractivity contribution is -0.154. The van der Waals surface area contributed by atoms with Crippen LogP contribution >= 0.6 is 11.6 Å². The van der Waals surface area contributed by atoms with E-state index in [9.17, 15) is 19.2 Å². The van der Waals surface area contributed by atoms with Crippen molar-refractivity contribution in [3.8, 4) is 0 Å². The molecule has 3 rings (SSSR count). The van der Waals surface area contributed by atoms with Crippen LogP contribution < -0.4 is 5.32 Å². The second-order valence-electron chi connectivity index (χ2n) is 7.61. The predicted molar refractivity (Wildman–Crippen MR) is 107 cm³/mol. The topological polar surface area (TPSA) is 92.8 Å². The molecule has 1 heterocycles. The Morgan fingerprint density at radius 2 is 1.83 bits per heavy atom. The summed E-state index contributed by atoms with van der Waals surface area (Å²) in [5, 5.41) is 3.20. The van der Waals surface area contributed by atoms with Gasteiger partial charge in [-0.05, 0) is 44.4 Å². The average Bonchev–Trinajstić information content (AvgIpc) is 2.94. The third-order valence-corrected chi connectivity index (χ3v) is 6.08. The van der Waals surface area contributed by atoms with Crippen molar-refractivity contribution in [2.24, 2.45) is 11.8 Å². The number of ether oxygens (including phenoxy) is 1. The van der Waals surface area contributed by atoms with Gasteiger partial charge in [0.25, 0.3) is 5.91 Å². The largest absolute Gasteiger partial charge is 0.452 e. The van der Waals surface area contributed by atoms with Gasteiger partial charge in [0.2, 0.25) is 11.8 Å². The molecule has 0 aromatic heterocycles. The van der Waals surface area contributed by atoms with Crippen LogP contribution in [0.15, 0.2) is 18.2 Å². The molecule has 1 aromatic rings. The smallest absolute Gasteiger partial charge is 0.308 e. The van der Waals surface area contributed by atoms with Crippen LogP contribution in [0.5, 0.6) is 0 Å². The van der Waals surface area contributed by atoms with Crippen molar-refractivity contribution in [1.29, 1.82) is 0 Å². The summed E-state index contributed by atoms with van der Waals surface area (Å²) in [4.78, 5) is 50.5. The number of fused-ring (bicyclic) bond motifs is 1. The molecule has 1 aliphatic carbocycles. The number of rotatable bonds is 6. The lowest BCUT2D eigenvalue weighted by atomic mass is 9.81. The van der Waals surface area contributed by atoms with Crippen molar-refractivity contribution in [3.05, 3.63) is 28.8 Å². The van der Waals surface area contributed by atoms with E-state index in [0.717, 1.165) is 25.7 Å². The first-order chi connectivity index (χ1) is 13.8. The molecule has 29 heavy (non-hydrogen) atoms. The SMILES string of the molecule is Cc1c(Cl)cccc1NC(=O)[C@@H](C)OC(=O)CCN1C(=O)[C@H]2CCCC[C@@H]2C1=O. The van der Waals surface area contributed by atoms with Crippen molar-refractivity contribution in [2.45, 2.75) is 52.1 Å². The summed E-state index contributed by atoms with van der Waals surface area (Å²) in [6, 6.07) is 5.13. The van der Waals surface area contributed by atoms with Crippen molar-refractivity contribution >= 4 is 41.0 Å². The van der Waals surface area contributed by atoms with E-state index in [1.807, 2.05) is 0 Å². The minimum Gasteiger partial charge on any atom is -0.452 e. The van der Waals surface area contributed by atoms with E-state index in [-0.39, 0.29) is 36.6 Å². The van der Waals surface area contributed by atoms with Crippen LogP contribution in [0.1, 0.15) is 44.6 Å². The molecule has 0 spiro atoms. The van der Waals surface area contributed by atoms with E-state index in [1.54, 1.807) is 25.1 Å². The molecule has 0 bridgehead atoms. The molecule has 1 aliphatic heterocycles. The van der Waals surface area contributed by atoms with Gasteiger partial charge < -0.3 is 10.1 Å². The normalized spacial score (nSPS) is 22.2. The molecule has 2 fully saturated rings. The number of likely N-dealkylation sites (tertiary alicyclic amines) is 1. The van der Waals surface area contributed by atoms with Gasteiger partial charge in [-0.2, -0.15) is 0 Å². The predicted octanol–water partition coefficient (Wildman–Crippen LogP) is 3.08. The van der Waals surface area contributed by atoms with Crippen LogP contribution in [0.3, 0.4) is 0 Å². The number of nitrogens with zero attached hydrogens (tertiary/aromatic N) is 1. The van der Waals surface area contributed by atoms with Crippen molar-refractivity contribution in [3.63, 3.8) is 0 Å². The number of carbonyl (C=O) groups excluding carboxylic acids is 4. The lowest BCUT2D eigenvalue weighted by Gasteiger charge is -2.19. The van der Waals surface area contributed by atoms with Gasteiger partial charge in [0.1, 0.15) is 0 Å². The van der Waals surface area contributed by atoms with Gasteiger partial charge >= 0.3 is 5.97 Å². The van der Waals surface area contributed by atoms with Gasteiger partial charge in [-0.3, -0.25) is 24.1 Å².